The molecule has 4 rings (SSSR count). The fourth-order valence-corrected chi connectivity index (χ4v) is 4.21. The van der Waals surface area contributed by atoms with Crippen molar-refractivity contribution in [2.24, 2.45) is 5.41 Å². The van der Waals surface area contributed by atoms with Crippen LogP contribution in [0.2, 0.25) is 5.02 Å². The molecular formula is C22H22ClN3O3. The molecule has 0 bridgehead atoms. The van der Waals surface area contributed by atoms with Gasteiger partial charge in [-0.3, -0.25) is 14.4 Å². The predicted molar refractivity (Wildman–Crippen MR) is 109 cm³/mol. The van der Waals surface area contributed by atoms with Crippen molar-refractivity contribution in [2.75, 3.05) is 13.1 Å². The van der Waals surface area contributed by atoms with Crippen LogP contribution in [-0.4, -0.2) is 41.8 Å². The Bertz CT molecular complexity index is 932. The first-order valence-electron chi connectivity index (χ1n) is 9.64. The molecule has 3 amide bonds. The Labute approximate surface area is 174 Å². The molecule has 6 nitrogen and oxygen atoms in total. The molecule has 2 aliphatic heterocycles. The minimum absolute atomic E-state index is 0.0779. The molecule has 2 aromatic carbocycles. The van der Waals surface area contributed by atoms with Gasteiger partial charge in [0.2, 0.25) is 11.8 Å². The number of nitrogens with one attached hydrogen (secondary N) is 2. The number of nitrogens with zero attached hydrogens (tertiary/aromatic N) is 1. The van der Waals surface area contributed by atoms with Crippen LogP contribution in [0.25, 0.3) is 0 Å². The SMILES string of the molecule is O=C(NCc1ccc(Cl)cc1)[C@@H]1C[C@@]2(CCN(C(=O)c3ccccc3)C2)C(=O)N1. The van der Waals surface area contributed by atoms with Crippen molar-refractivity contribution in [1.29, 1.82) is 0 Å². The number of hydrogen-bond donors (Lipinski definition) is 2. The van der Waals surface area contributed by atoms with E-state index in [0.717, 1.165) is 5.56 Å². The molecular weight excluding hydrogens is 390 g/mol. The number of hydrogen-bond acceptors (Lipinski definition) is 3. The van der Waals surface area contributed by atoms with Gasteiger partial charge in [0.25, 0.3) is 5.91 Å². The molecule has 29 heavy (non-hydrogen) atoms. The minimum atomic E-state index is -0.688. The van der Waals surface area contributed by atoms with Crippen LogP contribution in [0, 0.1) is 5.41 Å². The second-order valence-electron chi connectivity index (χ2n) is 7.70. The van der Waals surface area contributed by atoms with Crippen LogP contribution in [0.4, 0.5) is 0 Å². The van der Waals surface area contributed by atoms with Gasteiger partial charge in [-0.1, -0.05) is 41.9 Å². The maximum absolute atomic E-state index is 12.7. The lowest BCUT2D eigenvalue weighted by atomic mass is 9.84. The number of likely N-dealkylation sites (tertiary alicyclic amines) is 1. The fourth-order valence-electron chi connectivity index (χ4n) is 4.08. The standard InChI is InChI=1S/C22H22ClN3O3/c23-17-8-6-15(7-9-17)13-24-19(27)18-12-22(21(29)25-18)10-11-26(14-22)20(28)16-4-2-1-3-5-16/h1-9,18H,10-14H2,(H,24,27)(H,25,29)/t18-,22+/m0/s1. The van der Waals surface area contributed by atoms with E-state index in [9.17, 15) is 14.4 Å². The summed E-state index contributed by atoms with van der Waals surface area (Å²) in [6, 6.07) is 15.7. The fraction of sp³-hybridized carbons (Fsp3) is 0.318. The van der Waals surface area contributed by atoms with E-state index in [1.807, 2.05) is 30.3 Å². The van der Waals surface area contributed by atoms with Gasteiger partial charge in [0.05, 0.1) is 5.41 Å². The van der Waals surface area contributed by atoms with Crippen LogP contribution in [-0.2, 0) is 16.1 Å². The summed E-state index contributed by atoms with van der Waals surface area (Å²) in [5.74, 6) is -0.434. The van der Waals surface area contributed by atoms with Crippen LogP contribution in [0.5, 0.6) is 0 Å². The van der Waals surface area contributed by atoms with E-state index in [1.54, 1.807) is 29.2 Å². The summed E-state index contributed by atoms with van der Waals surface area (Å²) in [4.78, 5) is 39.7. The third-order valence-corrected chi connectivity index (χ3v) is 5.99. The van der Waals surface area contributed by atoms with Crippen LogP contribution in [0.3, 0.4) is 0 Å². The number of carbonyl (C=O) groups is 3. The maximum atomic E-state index is 12.7. The molecule has 0 aliphatic carbocycles. The summed E-state index contributed by atoms with van der Waals surface area (Å²) in [6.07, 6.45) is 0.967. The summed E-state index contributed by atoms with van der Waals surface area (Å²) in [5, 5.41) is 6.33. The highest BCUT2D eigenvalue weighted by atomic mass is 35.5. The van der Waals surface area contributed by atoms with E-state index in [0.29, 0.717) is 43.1 Å². The molecule has 2 fully saturated rings. The molecule has 2 atom stereocenters. The Morgan fingerprint density at radius 2 is 1.86 bits per heavy atom. The molecule has 2 N–H and O–H groups in total. The highest BCUT2D eigenvalue weighted by Crippen LogP contribution is 2.40. The Morgan fingerprint density at radius 1 is 1.14 bits per heavy atom. The zero-order chi connectivity index (χ0) is 20.4. The second kappa shape index (κ2) is 7.87. The first kappa shape index (κ1) is 19.5. The predicted octanol–water partition coefficient (Wildman–Crippen LogP) is 2.38. The number of halogens is 1. The maximum Gasteiger partial charge on any atom is 0.253 e. The van der Waals surface area contributed by atoms with Crippen molar-refractivity contribution in [2.45, 2.75) is 25.4 Å². The molecule has 0 unspecified atom stereocenters. The molecule has 2 saturated heterocycles. The Morgan fingerprint density at radius 3 is 2.59 bits per heavy atom. The van der Waals surface area contributed by atoms with E-state index < -0.39 is 11.5 Å². The Hall–Kier alpha value is -2.86. The third kappa shape index (κ3) is 3.98. The first-order chi connectivity index (χ1) is 14.0. The van der Waals surface area contributed by atoms with E-state index in [-0.39, 0.29) is 17.7 Å². The normalized spacial score (nSPS) is 23.3. The van der Waals surface area contributed by atoms with Gasteiger partial charge in [0, 0.05) is 30.2 Å². The molecule has 0 radical (unpaired) electrons. The van der Waals surface area contributed by atoms with E-state index in [4.69, 9.17) is 11.6 Å². The second-order valence-corrected chi connectivity index (χ2v) is 8.13. The minimum Gasteiger partial charge on any atom is -0.350 e. The first-order valence-corrected chi connectivity index (χ1v) is 10.0. The monoisotopic (exact) mass is 411 g/mol. The summed E-state index contributed by atoms with van der Waals surface area (Å²) in [6.45, 7) is 1.22. The van der Waals surface area contributed by atoms with Crippen molar-refractivity contribution in [3.05, 3.63) is 70.7 Å². The largest absolute Gasteiger partial charge is 0.350 e. The molecule has 0 saturated carbocycles. The van der Waals surface area contributed by atoms with Crippen molar-refractivity contribution >= 4 is 29.3 Å². The van der Waals surface area contributed by atoms with Crippen LogP contribution in [0.1, 0.15) is 28.8 Å². The number of carbonyl (C=O) groups excluding carboxylic acids is 3. The van der Waals surface area contributed by atoms with E-state index in [2.05, 4.69) is 10.6 Å². The van der Waals surface area contributed by atoms with Crippen molar-refractivity contribution in [3.8, 4) is 0 Å². The quantitative estimate of drug-likeness (QED) is 0.810. The molecule has 150 valence electrons. The molecule has 2 aromatic rings. The van der Waals surface area contributed by atoms with Gasteiger partial charge in [-0.15, -0.1) is 0 Å². The van der Waals surface area contributed by atoms with Crippen molar-refractivity contribution < 1.29 is 14.4 Å². The molecule has 1 spiro atoms. The lowest BCUT2D eigenvalue weighted by Crippen LogP contribution is -2.41. The van der Waals surface area contributed by atoms with Gasteiger partial charge in [-0.25, -0.2) is 0 Å². The summed E-state index contributed by atoms with van der Waals surface area (Å²) in [7, 11) is 0. The van der Waals surface area contributed by atoms with Gasteiger partial charge in [0.1, 0.15) is 6.04 Å². The number of benzene rings is 2. The lowest BCUT2D eigenvalue weighted by Gasteiger charge is -2.21. The van der Waals surface area contributed by atoms with Gasteiger partial charge >= 0.3 is 0 Å². The van der Waals surface area contributed by atoms with Gasteiger partial charge in [0.15, 0.2) is 0 Å². The average Bonchev–Trinajstić information content (AvgIpc) is 3.32. The zero-order valence-electron chi connectivity index (χ0n) is 15.9. The van der Waals surface area contributed by atoms with Crippen molar-refractivity contribution in [1.82, 2.24) is 15.5 Å². The number of rotatable bonds is 4. The highest BCUT2D eigenvalue weighted by molar-refractivity contribution is 6.30. The van der Waals surface area contributed by atoms with E-state index >= 15 is 0 Å². The van der Waals surface area contributed by atoms with Gasteiger partial charge in [-0.05, 0) is 42.7 Å². The molecule has 2 aliphatic rings. The number of amides is 3. The summed E-state index contributed by atoms with van der Waals surface area (Å²) >= 11 is 5.87. The van der Waals surface area contributed by atoms with Crippen LogP contribution >= 0.6 is 11.6 Å². The van der Waals surface area contributed by atoms with Crippen LogP contribution in [0.15, 0.2) is 54.6 Å². The van der Waals surface area contributed by atoms with Gasteiger partial charge < -0.3 is 15.5 Å². The Kier molecular flexibility index (Phi) is 5.28. The summed E-state index contributed by atoms with van der Waals surface area (Å²) in [5.41, 5.74) is 0.856. The third-order valence-electron chi connectivity index (χ3n) is 5.74. The van der Waals surface area contributed by atoms with Crippen LogP contribution < -0.4 is 10.6 Å². The molecule has 2 heterocycles. The smallest absolute Gasteiger partial charge is 0.253 e. The topological polar surface area (TPSA) is 78.5 Å². The lowest BCUT2D eigenvalue weighted by molar-refractivity contribution is -0.128. The summed E-state index contributed by atoms with van der Waals surface area (Å²) < 4.78 is 0. The Balaban J connectivity index is 1.37. The molecule has 0 aromatic heterocycles. The van der Waals surface area contributed by atoms with Gasteiger partial charge in [-0.2, -0.15) is 0 Å². The zero-order valence-corrected chi connectivity index (χ0v) is 16.6. The van der Waals surface area contributed by atoms with Crippen molar-refractivity contribution in [3.63, 3.8) is 0 Å². The average molecular weight is 412 g/mol. The molecule has 7 heteroatoms. The highest BCUT2D eigenvalue weighted by Gasteiger charge is 2.53. The van der Waals surface area contributed by atoms with E-state index in [1.165, 1.54) is 0 Å².